The lowest BCUT2D eigenvalue weighted by molar-refractivity contribution is 0.187. The number of hydrogen-bond donors (Lipinski definition) is 0. The number of benzene rings is 2. The van der Waals surface area contributed by atoms with Crippen LogP contribution >= 0.6 is 12.4 Å². The lowest BCUT2D eigenvalue weighted by atomic mass is 9.77. The third-order valence-electron chi connectivity index (χ3n) is 4.98. The number of halogens is 1. The molecule has 2 aromatic rings. The maximum atomic E-state index is 2.67. The molecule has 1 aliphatic heterocycles. The fourth-order valence-electron chi connectivity index (χ4n) is 3.74. The number of piperidine rings is 1. The van der Waals surface area contributed by atoms with Gasteiger partial charge in [0.05, 0.1) is 0 Å². The highest BCUT2D eigenvalue weighted by molar-refractivity contribution is 5.85. The molecule has 0 saturated carbocycles. The van der Waals surface area contributed by atoms with Crippen molar-refractivity contribution in [3.63, 3.8) is 0 Å². The van der Waals surface area contributed by atoms with E-state index in [-0.39, 0.29) is 12.4 Å². The average molecular weight is 330 g/mol. The summed E-state index contributed by atoms with van der Waals surface area (Å²) in [6.07, 6.45) is 3.87. The highest BCUT2D eigenvalue weighted by Gasteiger charge is 2.30. The molecule has 0 aromatic heterocycles. The Hall–Kier alpha value is -1.31. The molecular weight excluding hydrogens is 302 g/mol. The van der Waals surface area contributed by atoms with E-state index in [1.807, 2.05) is 0 Å². The van der Waals surface area contributed by atoms with Crippen LogP contribution in [0.4, 0.5) is 0 Å². The second kappa shape index (κ2) is 9.10. The SMILES string of the molecule is CCCCN1CCC(c2ccccc2)C(c2ccccc2)C1.Cl. The number of nitrogens with zero attached hydrogens (tertiary/aromatic N) is 1. The van der Waals surface area contributed by atoms with Gasteiger partial charge in [0.15, 0.2) is 0 Å². The van der Waals surface area contributed by atoms with Crippen molar-refractivity contribution in [3.05, 3.63) is 71.8 Å². The molecule has 3 rings (SSSR count). The van der Waals surface area contributed by atoms with E-state index in [1.165, 1.54) is 50.0 Å². The molecular formula is C21H28ClN. The van der Waals surface area contributed by atoms with Crippen molar-refractivity contribution in [1.29, 1.82) is 0 Å². The maximum Gasteiger partial charge on any atom is 0.00562 e. The molecule has 2 aromatic carbocycles. The quantitative estimate of drug-likeness (QED) is 0.702. The molecule has 1 saturated heterocycles. The molecule has 0 spiro atoms. The zero-order valence-corrected chi connectivity index (χ0v) is 14.8. The van der Waals surface area contributed by atoms with Gasteiger partial charge in [-0.2, -0.15) is 0 Å². The molecule has 1 aliphatic rings. The third-order valence-corrected chi connectivity index (χ3v) is 4.98. The van der Waals surface area contributed by atoms with Crippen LogP contribution < -0.4 is 0 Å². The van der Waals surface area contributed by atoms with Gasteiger partial charge in [0.1, 0.15) is 0 Å². The molecule has 2 unspecified atom stereocenters. The fourth-order valence-corrected chi connectivity index (χ4v) is 3.74. The van der Waals surface area contributed by atoms with E-state index in [1.54, 1.807) is 0 Å². The molecule has 2 heteroatoms. The predicted molar refractivity (Wildman–Crippen MR) is 102 cm³/mol. The summed E-state index contributed by atoms with van der Waals surface area (Å²) < 4.78 is 0. The van der Waals surface area contributed by atoms with E-state index < -0.39 is 0 Å². The van der Waals surface area contributed by atoms with Crippen molar-refractivity contribution < 1.29 is 0 Å². The van der Waals surface area contributed by atoms with Crippen LogP contribution in [0.1, 0.15) is 49.1 Å². The molecule has 0 N–H and O–H groups in total. The van der Waals surface area contributed by atoms with E-state index in [9.17, 15) is 0 Å². The summed E-state index contributed by atoms with van der Waals surface area (Å²) in [7, 11) is 0. The molecule has 2 atom stereocenters. The van der Waals surface area contributed by atoms with E-state index in [0.29, 0.717) is 11.8 Å². The van der Waals surface area contributed by atoms with Gasteiger partial charge in [-0.3, -0.25) is 0 Å². The van der Waals surface area contributed by atoms with E-state index in [2.05, 4.69) is 72.5 Å². The van der Waals surface area contributed by atoms with Crippen LogP contribution in [-0.2, 0) is 0 Å². The van der Waals surface area contributed by atoms with E-state index >= 15 is 0 Å². The zero-order valence-electron chi connectivity index (χ0n) is 14.0. The molecule has 0 amide bonds. The first kappa shape index (κ1) is 18.0. The molecule has 0 aliphatic carbocycles. The fraction of sp³-hybridized carbons (Fsp3) is 0.429. The highest BCUT2D eigenvalue weighted by atomic mass is 35.5. The molecule has 0 bridgehead atoms. The van der Waals surface area contributed by atoms with Crippen LogP contribution in [0, 0.1) is 0 Å². The summed E-state index contributed by atoms with van der Waals surface area (Å²) in [5, 5.41) is 0. The number of unbranched alkanes of at least 4 members (excludes halogenated alkanes) is 1. The zero-order chi connectivity index (χ0) is 15.2. The predicted octanol–water partition coefficient (Wildman–Crippen LogP) is 5.48. The Bertz CT molecular complexity index is 555. The van der Waals surface area contributed by atoms with Crippen LogP contribution in [0.3, 0.4) is 0 Å². The van der Waals surface area contributed by atoms with Gasteiger partial charge in [-0.05, 0) is 43.0 Å². The van der Waals surface area contributed by atoms with Gasteiger partial charge < -0.3 is 4.90 Å². The molecule has 1 fully saturated rings. The highest BCUT2D eigenvalue weighted by Crippen LogP contribution is 2.39. The summed E-state index contributed by atoms with van der Waals surface area (Å²) in [4.78, 5) is 2.67. The Labute approximate surface area is 147 Å². The molecule has 23 heavy (non-hydrogen) atoms. The van der Waals surface area contributed by atoms with Gasteiger partial charge in [0, 0.05) is 12.5 Å². The largest absolute Gasteiger partial charge is 0.303 e. The standard InChI is InChI=1S/C21H27N.ClH/c1-2-3-15-22-16-14-20(18-10-6-4-7-11-18)21(17-22)19-12-8-5-9-13-19;/h4-13,20-21H,2-3,14-17H2,1H3;1H. The van der Waals surface area contributed by atoms with Crippen molar-refractivity contribution in [2.75, 3.05) is 19.6 Å². The average Bonchev–Trinajstić information content (AvgIpc) is 2.61. The van der Waals surface area contributed by atoms with Gasteiger partial charge in [0.2, 0.25) is 0 Å². The normalized spacial score (nSPS) is 21.6. The van der Waals surface area contributed by atoms with Gasteiger partial charge in [-0.1, -0.05) is 74.0 Å². The Balaban J connectivity index is 0.00000192. The second-order valence-corrected chi connectivity index (χ2v) is 6.48. The van der Waals surface area contributed by atoms with Crippen molar-refractivity contribution in [2.45, 2.75) is 38.0 Å². The Morgan fingerprint density at radius 1 is 0.870 bits per heavy atom. The minimum absolute atomic E-state index is 0. The Kier molecular flexibility index (Phi) is 7.14. The minimum Gasteiger partial charge on any atom is -0.303 e. The molecule has 124 valence electrons. The van der Waals surface area contributed by atoms with Crippen LogP contribution in [0.25, 0.3) is 0 Å². The first-order valence-corrected chi connectivity index (χ1v) is 8.70. The summed E-state index contributed by atoms with van der Waals surface area (Å²) >= 11 is 0. The first-order chi connectivity index (χ1) is 10.9. The van der Waals surface area contributed by atoms with Crippen LogP contribution in [0.2, 0.25) is 0 Å². The van der Waals surface area contributed by atoms with Crippen LogP contribution in [0.5, 0.6) is 0 Å². The molecule has 1 nitrogen and oxygen atoms in total. The van der Waals surface area contributed by atoms with Crippen molar-refractivity contribution in [2.24, 2.45) is 0 Å². The summed E-state index contributed by atoms with van der Waals surface area (Å²) in [5.41, 5.74) is 3.00. The summed E-state index contributed by atoms with van der Waals surface area (Å²) in [6, 6.07) is 22.2. The summed E-state index contributed by atoms with van der Waals surface area (Å²) in [6.45, 7) is 5.97. The Morgan fingerprint density at radius 2 is 1.43 bits per heavy atom. The summed E-state index contributed by atoms with van der Waals surface area (Å²) in [5.74, 6) is 1.27. The number of rotatable bonds is 5. The topological polar surface area (TPSA) is 3.24 Å². The van der Waals surface area contributed by atoms with Crippen LogP contribution in [0.15, 0.2) is 60.7 Å². The van der Waals surface area contributed by atoms with Gasteiger partial charge in [-0.15, -0.1) is 12.4 Å². The first-order valence-electron chi connectivity index (χ1n) is 8.70. The number of hydrogen-bond acceptors (Lipinski definition) is 1. The van der Waals surface area contributed by atoms with Crippen molar-refractivity contribution >= 4 is 12.4 Å². The smallest absolute Gasteiger partial charge is 0.00562 e. The van der Waals surface area contributed by atoms with Crippen molar-refractivity contribution in [3.8, 4) is 0 Å². The van der Waals surface area contributed by atoms with Crippen molar-refractivity contribution in [1.82, 2.24) is 4.90 Å². The monoisotopic (exact) mass is 329 g/mol. The van der Waals surface area contributed by atoms with E-state index in [4.69, 9.17) is 0 Å². The maximum absolute atomic E-state index is 2.67. The molecule has 1 heterocycles. The minimum atomic E-state index is 0. The molecule has 0 radical (unpaired) electrons. The van der Waals surface area contributed by atoms with Gasteiger partial charge >= 0.3 is 0 Å². The van der Waals surface area contributed by atoms with E-state index in [0.717, 1.165) is 0 Å². The number of likely N-dealkylation sites (tertiary alicyclic amines) is 1. The lowest BCUT2D eigenvalue weighted by Crippen LogP contribution is -2.38. The third kappa shape index (κ3) is 4.59. The Morgan fingerprint density at radius 3 is 2.00 bits per heavy atom. The van der Waals surface area contributed by atoms with Gasteiger partial charge in [-0.25, -0.2) is 0 Å². The lowest BCUT2D eigenvalue weighted by Gasteiger charge is -2.39. The van der Waals surface area contributed by atoms with Gasteiger partial charge in [0.25, 0.3) is 0 Å². The second-order valence-electron chi connectivity index (χ2n) is 6.48. The van der Waals surface area contributed by atoms with Crippen LogP contribution in [-0.4, -0.2) is 24.5 Å².